The minimum Gasteiger partial charge on any atom is -0.416 e. The molecule has 0 radical (unpaired) electrons. The fraction of sp³-hybridized carbons (Fsp3) is 0.933. The van der Waals surface area contributed by atoms with Gasteiger partial charge in [0.1, 0.15) is 6.10 Å². The van der Waals surface area contributed by atoms with Gasteiger partial charge in [-0.15, -0.1) is 0 Å². The van der Waals surface area contributed by atoms with E-state index in [-0.39, 0.29) is 22.8 Å². The van der Waals surface area contributed by atoms with Crippen molar-refractivity contribution in [2.24, 2.45) is 5.92 Å². The summed E-state index contributed by atoms with van der Waals surface area (Å²) in [6.07, 6.45) is -0.0136. The van der Waals surface area contributed by atoms with E-state index in [4.69, 9.17) is 13.9 Å². The molecule has 2 fully saturated rings. The number of ether oxygens (including phenoxy) is 2. The summed E-state index contributed by atoms with van der Waals surface area (Å²) in [6.45, 7) is 15.5. The van der Waals surface area contributed by atoms with Gasteiger partial charge in [0, 0.05) is 18.9 Å². The summed E-state index contributed by atoms with van der Waals surface area (Å²) in [6, 6.07) is 0. The second-order valence-corrected chi connectivity index (χ2v) is 12.8. The first-order valence-electron chi connectivity index (χ1n) is 7.45. The van der Waals surface area contributed by atoms with Crippen LogP contribution < -0.4 is 0 Å². The zero-order valence-electron chi connectivity index (χ0n) is 13.8. The van der Waals surface area contributed by atoms with Crippen LogP contribution in [0.15, 0.2) is 0 Å². The Bertz CT molecular complexity index is 397. The van der Waals surface area contributed by atoms with Crippen LogP contribution in [0.4, 0.5) is 0 Å². The van der Waals surface area contributed by atoms with Crippen molar-refractivity contribution >= 4 is 14.1 Å². The zero-order chi connectivity index (χ0) is 15.3. The lowest BCUT2D eigenvalue weighted by Gasteiger charge is -2.37. The van der Waals surface area contributed by atoms with E-state index in [0.717, 1.165) is 0 Å². The quantitative estimate of drug-likeness (QED) is 0.751. The fourth-order valence-corrected chi connectivity index (χ4v) is 3.62. The second kappa shape index (κ2) is 4.90. The lowest BCUT2D eigenvalue weighted by molar-refractivity contribution is -0.163. The molecule has 2 rings (SSSR count). The summed E-state index contributed by atoms with van der Waals surface area (Å²) in [4.78, 5) is 12.0. The Hall–Kier alpha value is -0.233. The van der Waals surface area contributed by atoms with Crippen molar-refractivity contribution in [1.82, 2.24) is 0 Å². The van der Waals surface area contributed by atoms with Gasteiger partial charge < -0.3 is 13.9 Å². The molecule has 20 heavy (non-hydrogen) atoms. The number of carbonyl (C=O) groups is 1. The van der Waals surface area contributed by atoms with Gasteiger partial charge in [-0.2, -0.15) is 0 Å². The molecule has 0 aromatic rings. The molecule has 5 heteroatoms. The van der Waals surface area contributed by atoms with Crippen molar-refractivity contribution in [2.45, 2.75) is 77.2 Å². The van der Waals surface area contributed by atoms with Crippen LogP contribution in [-0.4, -0.2) is 38.7 Å². The van der Waals surface area contributed by atoms with Crippen LogP contribution in [0.1, 0.15) is 41.0 Å². The molecule has 1 aliphatic carbocycles. The van der Waals surface area contributed by atoms with Crippen molar-refractivity contribution in [3.63, 3.8) is 0 Å². The van der Waals surface area contributed by atoms with Gasteiger partial charge in [0.05, 0.1) is 6.10 Å². The highest BCUT2D eigenvalue weighted by Gasteiger charge is 2.54. The van der Waals surface area contributed by atoms with E-state index in [9.17, 15) is 4.79 Å². The van der Waals surface area contributed by atoms with Crippen molar-refractivity contribution < 1.29 is 18.7 Å². The van der Waals surface area contributed by atoms with Crippen LogP contribution in [0.5, 0.6) is 0 Å². The van der Waals surface area contributed by atoms with Gasteiger partial charge in [-0.25, -0.2) is 0 Å². The Morgan fingerprint density at radius 3 is 2.45 bits per heavy atom. The predicted molar refractivity (Wildman–Crippen MR) is 80.1 cm³/mol. The van der Waals surface area contributed by atoms with Gasteiger partial charge in [0.2, 0.25) is 0 Å². The number of carbonyl (C=O) groups excluding carboxylic acids is 1. The number of ketones is 1. The average molecular weight is 300 g/mol. The number of fused-ring (bicyclic) bond motifs is 1. The molecule has 1 saturated heterocycles. The van der Waals surface area contributed by atoms with E-state index in [1.807, 2.05) is 13.8 Å². The van der Waals surface area contributed by atoms with E-state index in [1.54, 1.807) is 0 Å². The van der Waals surface area contributed by atoms with Gasteiger partial charge in [0.15, 0.2) is 19.9 Å². The van der Waals surface area contributed by atoms with Crippen LogP contribution >= 0.6 is 0 Å². The molecule has 0 unspecified atom stereocenters. The van der Waals surface area contributed by atoms with Crippen molar-refractivity contribution in [1.29, 1.82) is 0 Å². The predicted octanol–water partition coefficient (Wildman–Crippen LogP) is 3.12. The smallest absolute Gasteiger partial charge is 0.191 e. The maximum Gasteiger partial charge on any atom is 0.191 e. The largest absolute Gasteiger partial charge is 0.416 e. The highest BCUT2D eigenvalue weighted by atomic mass is 28.4. The Balaban J connectivity index is 2.00. The normalized spacial score (nSPS) is 33.5. The molecular formula is C15H28O4Si. The van der Waals surface area contributed by atoms with Gasteiger partial charge in [-0.3, -0.25) is 4.79 Å². The van der Waals surface area contributed by atoms with Gasteiger partial charge >= 0.3 is 0 Å². The number of hydrogen-bond donors (Lipinski definition) is 0. The molecule has 0 amide bonds. The molecule has 1 saturated carbocycles. The third kappa shape index (κ3) is 3.01. The standard InChI is InChI=1S/C15H28O4Si/c1-14(2,3)20(6,7)17-9-10-8-11(16)13-12(10)18-15(4,5)19-13/h10,12-13H,8-9H2,1-7H3/t10-,12+,13+/m0/s1. The molecule has 3 atom stereocenters. The Morgan fingerprint density at radius 2 is 1.90 bits per heavy atom. The number of hydrogen-bond acceptors (Lipinski definition) is 4. The van der Waals surface area contributed by atoms with Gasteiger partial charge in [-0.05, 0) is 32.0 Å². The van der Waals surface area contributed by atoms with Crippen molar-refractivity contribution in [3.05, 3.63) is 0 Å². The molecule has 0 aromatic carbocycles. The molecule has 116 valence electrons. The van der Waals surface area contributed by atoms with Crippen LogP contribution in [0.2, 0.25) is 18.1 Å². The van der Waals surface area contributed by atoms with Gasteiger partial charge in [0.25, 0.3) is 0 Å². The Labute approximate surface area is 123 Å². The first kappa shape index (κ1) is 16.1. The topological polar surface area (TPSA) is 44.8 Å². The maximum absolute atomic E-state index is 12.0. The molecule has 0 bridgehead atoms. The minimum atomic E-state index is -1.78. The lowest BCUT2D eigenvalue weighted by Crippen LogP contribution is -2.43. The maximum atomic E-state index is 12.0. The summed E-state index contributed by atoms with van der Waals surface area (Å²) in [7, 11) is -1.78. The van der Waals surface area contributed by atoms with Crippen LogP contribution in [-0.2, 0) is 18.7 Å². The lowest BCUT2D eigenvalue weighted by atomic mass is 10.1. The zero-order valence-corrected chi connectivity index (χ0v) is 14.8. The molecule has 0 aromatic heterocycles. The third-order valence-corrected chi connectivity index (χ3v) is 9.34. The molecule has 4 nitrogen and oxygen atoms in total. The van der Waals surface area contributed by atoms with Crippen molar-refractivity contribution in [3.8, 4) is 0 Å². The van der Waals surface area contributed by atoms with Crippen LogP contribution in [0, 0.1) is 5.92 Å². The highest BCUT2D eigenvalue weighted by Crippen LogP contribution is 2.42. The van der Waals surface area contributed by atoms with Crippen LogP contribution in [0.25, 0.3) is 0 Å². The van der Waals surface area contributed by atoms with E-state index in [0.29, 0.717) is 13.0 Å². The summed E-state index contributed by atoms with van der Waals surface area (Å²) in [5.41, 5.74) is 0. The van der Waals surface area contributed by atoms with E-state index in [2.05, 4.69) is 33.9 Å². The van der Waals surface area contributed by atoms with E-state index in [1.165, 1.54) is 0 Å². The summed E-state index contributed by atoms with van der Waals surface area (Å²) < 4.78 is 17.9. The SMILES string of the molecule is CC1(C)O[C@@H]2[C@H](CO[Si](C)(C)C(C)(C)C)CC(=O)[C@H]2O1. The van der Waals surface area contributed by atoms with Crippen molar-refractivity contribution in [2.75, 3.05) is 6.61 Å². The first-order valence-corrected chi connectivity index (χ1v) is 10.4. The molecule has 1 heterocycles. The first-order chi connectivity index (χ1) is 8.93. The second-order valence-electron chi connectivity index (χ2n) is 8.02. The Kier molecular flexibility index (Phi) is 3.96. The van der Waals surface area contributed by atoms with Gasteiger partial charge in [-0.1, -0.05) is 20.8 Å². The monoisotopic (exact) mass is 300 g/mol. The number of rotatable bonds is 3. The molecule has 0 N–H and O–H groups in total. The summed E-state index contributed by atoms with van der Waals surface area (Å²) in [5.74, 6) is -0.367. The molecule has 0 spiro atoms. The van der Waals surface area contributed by atoms with E-state index >= 15 is 0 Å². The third-order valence-electron chi connectivity index (χ3n) is 4.84. The Morgan fingerprint density at radius 1 is 1.30 bits per heavy atom. The molecule has 1 aliphatic heterocycles. The fourth-order valence-electron chi connectivity index (χ4n) is 2.56. The number of Topliss-reactive ketones (excluding diaryl/α,β-unsaturated/α-hetero) is 1. The van der Waals surface area contributed by atoms with E-state index < -0.39 is 20.2 Å². The minimum absolute atomic E-state index is 0.128. The molecule has 2 aliphatic rings. The van der Waals surface area contributed by atoms with Crippen LogP contribution in [0.3, 0.4) is 0 Å². The average Bonchev–Trinajstić information content (AvgIpc) is 2.70. The highest BCUT2D eigenvalue weighted by molar-refractivity contribution is 6.74. The summed E-state index contributed by atoms with van der Waals surface area (Å²) >= 11 is 0. The summed E-state index contributed by atoms with van der Waals surface area (Å²) in [5, 5.41) is 0.182. The molecular weight excluding hydrogens is 272 g/mol.